The summed E-state index contributed by atoms with van der Waals surface area (Å²) >= 11 is 3.31. The van der Waals surface area contributed by atoms with E-state index in [2.05, 4.69) is 20.9 Å². The van der Waals surface area contributed by atoms with Crippen LogP contribution in [0.15, 0.2) is 18.3 Å². The quantitative estimate of drug-likeness (QED) is 0.773. The summed E-state index contributed by atoms with van der Waals surface area (Å²) in [6.45, 7) is 0.168. The van der Waals surface area contributed by atoms with Gasteiger partial charge in [0.2, 0.25) is 0 Å². The summed E-state index contributed by atoms with van der Waals surface area (Å²) in [7, 11) is 0. The van der Waals surface area contributed by atoms with Gasteiger partial charge in [0.15, 0.2) is 0 Å². The van der Waals surface area contributed by atoms with Crippen LogP contribution in [0.25, 0.3) is 0 Å². The van der Waals surface area contributed by atoms with Gasteiger partial charge in [-0.3, -0.25) is 0 Å². The Labute approximate surface area is 95.4 Å². The van der Waals surface area contributed by atoms with Crippen LogP contribution in [0.1, 0.15) is 12.0 Å². The molecule has 1 aliphatic heterocycles. The minimum atomic E-state index is -2.56. The zero-order valence-electron chi connectivity index (χ0n) is 8.09. The number of alkyl halides is 3. The summed E-state index contributed by atoms with van der Waals surface area (Å²) in [5, 5.41) is 0.733. The maximum atomic E-state index is 12.9. The van der Waals surface area contributed by atoms with Crippen molar-refractivity contribution in [3.63, 3.8) is 0 Å². The van der Waals surface area contributed by atoms with Crippen LogP contribution in [0.2, 0.25) is 0 Å². The van der Waals surface area contributed by atoms with Gasteiger partial charge in [-0.05, 0) is 11.6 Å². The van der Waals surface area contributed by atoms with Crippen LogP contribution < -0.4 is 4.90 Å². The van der Waals surface area contributed by atoms with Crippen molar-refractivity contribution in [3.8, 4) is 0 Å². The van der Waals surface area contributed by atoms with Gasteiger partial charge < -0.3 is 4.90 Å². The number of anilines is 1. The Morgan fingerprint density at radius 1 is 1.47 bits per heavy atom. The number of pyridine rings is 1. The summed E-state index contributed by atoms with van der Waals surface area (Å²) in [5.41, 5.74) is 1.05. The molecule has 0 saturated carbocycles. The van der Waals surface area contributed by atoms with E-state index < -0.39 is 5.92 Å². The predicted molar refractivity (Wildman–Crippen MR) is 58.6 cm³/mol. The lowest BCUT2D eigenvalue weighted by molar-refractivity contribution is 0.0257. The molecule has 0 aromatic carbocycles. The first-order chi connectivity index (χ1) is 7.11. The van der Waals surface area contributed by atoms with E-state index in [9.17, 15) is 8.78 Å². The zero-order chi connectivity index (χ0) is 10.9. The second-order valence-electron chi connectivity index (χ2n) is 3.69. The molecule has 0 atom stereocenters. The topological polar surface area (TPSA) is 16.1 Å². The second kappa shape index (κ2) is 4.04. The van der Waals surface area contributed by atoms with Crippen molar-refractivity contribution in [1.29, 1.82) is 0 Å². The van der Waals surface area contributed by atoms with Crippen LogP contribution in [0.3, 0.4) is 0 Å². The Balaban J connectivity index is 2.11. The number of hydrogen-bond donors (Lipinski definition) is 0. The van der Waals surface area contributed by atoms with Crippen LogP contribution in [-0.4, -0.2) is 24.0 Å². The zero-order valence-corrected chi connectivity index (χ0v) is 9.67. The van der Waals surface area contributed by atoms with E-state index in [0.717, 1.165) is 10.9 Å². The highest BCUT2D eigenvalue weighted by Gasteiger charge is 2.38. The van der Waals surface area contributed by atoms with Gasteiger partial charge in [-0.25, -0.2) is 13.8 Å². The van der Waals surface area contributed by atoms with Crippen molar-refractivity contribution in [1.82, 2.24) is 4.98 Å². The van der Waals surface area contributed by atoms with Crippen LogP contribution >= 0.6 is 15.9 Å². The first-order valence-corrected chi connectivity index (χ1v) is 5.86. The number of aromatic nitrogens is 1. The van der Waals surface area contributed by atoms with Crippen LogP contribution in [-0.2, 0) is 5.33 Å². The minimum Gasteiger partial charge on any atom is -0.350 e. The molecule has 0 radical (unpaired) electrons. The smallest absolute Gasteiger partial charge is 0.266 e. The molecule has 0 unspecified atom stereocenters. The monoisotopic (exact) mass is 276 g/mol. The van der Waals surface area contributed by atoms with Crippen molar-refractivity contribution in [2.45, 2.75) is 17.7 Å². The van der Waals surface area contributed by atoms with E-state index in [1.807, 2.05) is 6.07 Å². The molecule has 0 aliphatic carbocycles. The van der Waals surface area contributed by atoms with Gasteiger partial charge in [0.05, 0.1) is 6.54 Å². The molecule has 2 nitrogen and oxygen atoms in total. The molecule has 1 saturated heterocycles. The summed E-state index contributed by atoms with van der Waals surface area (Å²) in [5.74, 6) is -1.92. The Kier molecular flexibility index (Phi) is 2.91. The van der Waals surface area contributed by atoms with Crippen molar-refractivity contribution in [3.05, 3.63) is 23.9 Å². The molecule has 0 spiro atoms. The van der Waals surface area contributed by atoms with Crippen molar-refractivity contribution in [2.75, 3.05) is 18.0 Å². The third-order valence-electron chi connectivity index (χ3n) is 2.46. The summed E-state index contributed by atoms with van der Waals surface area (Å²) in [6.07, 6.45) is 1.63. The fourth-order valence-electron chi connectivity index (χ4n) is 1.61. The van der Waals surface area contributed by atoms with E-state index >= 15 is 0 Å². The third-order valence-corrected chi connectivity index (χ3v) is 3.10. The number of rotatable bonds is 2. The van der Waals surface area contributed by atoms with E-state index in [-0.39, 0.29) is 13.0 Å². The van der Waals surface area contributed by atoms with Crippen LogP contribution in [0, 0.1) is 0 Å². The summed E-state index contributed by atoms with van der Waals surface area (Å²) in [4.78, 5) is 5.78. The first-order valence-electron chi connectivity index (χ1n) is 4.74. The molecule has 1 aromatic rings. The molecule has 2 rings (SSSR count). The van der Waals surface area contributed by atoms with E-state index in [1.54, 1.807) is 17.2 Å². The molecule has 82 valence electrons. The third kappa shape index (κ3) is 2.45. The highest BCUT2D eigenvalue weighted by atomic mass is 79.9. The summed E-state index contributed by atoms with van der Waals surface area (Å²) in [6, 6.07) is 3.69. The minimum absolute atomic E-state index is 0.0745. The molecule has 5 heteroatoms. The van der Waals surface area contributed by atoms with Gasteiger partial charge in [0.25, 0.3) is 5.92 Å². The van der Waals surface area contributed by atoms with Gasteiger partial charge in [0.1, 0.15) is 5.82 Å². The molecule has 15 heavy (non-hydrogen) atoms. The highest BCUT2D eigenvalue weighted by molar-refractivity contribution is 9.08. The van der Waals surface area contributed by atoms with E-state index in [1.165, 1.54) is 0 Å². The van der Waals surface area contributed by atoms with Gasteiger partial charge in [-0.2, -0.15) is 0 Å². The Morgan fingerprint density at radius 2 is 2.27 bits per heavy atom. The first kappa shape index (κ1) is 10.8. The van der Waals surface area contributed by atoms with Crippen LogP contribution in [0.5, 0.6) is 0 Å². The second-order valence-corrected chi connectivity index (χ2v) is 4.25. The molecule has 0 bridgehead atoms. The van der Waals surface area contributed by atoms with Gasteiger partial charge >= 0.3 is 0 Å². The molecule has 1 aromatic heterocycles. The molecule has 1 aliphatic rings. The van der Waals surface area contributed by atoms with E-state index in [4.69, 9.17) is 0 Å². The maximum Gasteiger partial charge on any atom is 0.266 e. The number of halogens is 3. The fraction of sp³-hybridized carbons (Fsp3) is 0.500. The van der Waals surface area contributed by atoms with Crippen molar-refractivity contribution < 1.29 is 8.78 Å². The molecule has 0 amide bonds. The van der Waals surface area contributed by atoms with Crippen molar-refractivity contribution >= 4 is 21.7 Å². The van der Waals surface area contributed by atoms with E-state index in [0.29, 0.717) is 12.4 Å². The average Bonchev–Trinajstić information content (AvgIpc) is 2.59. The molecule has 0 N–H and O–H groups in total. The normalized spacial score (nSPS) is 19.5. The molecular formula is C10H11BrF2N2. The Hall–Kier alpha value is -0.710. The number of nitrogens with zero attached hydrogens (tertiary/aromatic N) is 2. The lowest BCUT2D eigenvalue weighted by atomic mass is 10.3. The number of hydrogen-bond acceptors (Lipinski definition) is 2. The molecule has 2 heterocycles. The average molecular weight is 277 g/mol. The Morgan fingerprint density at radius 3 is 2.73 bits per heavy atom. The van der Waals surface area contributed by atoms with Gasteiger partial charge in [0, 0.05) is 24.5 Å². The largest absolute Gasteiger partial charge is 0.350 e. The standard InChI is InChI=1S/C10H11BrF2N2/c11-5-8-1-2-9(14-6-8)15-4-3-10(12,13)7-15/h1-2,6H,3-5,7H2. The molecular weight excluding hydrogens is 266 g/mol. The van der Waals surface area contributed by atoms with Gasteiger partial charge in [-0.15, -0.1) is 0 Å². The van der Waals surface area contributed by atoms with Crippen molar-refractivity contribution in [2.24, 2.45) is 0 Å². The highest BCUT2D eigenvalue weighted by Crippen LogP contribution is 2.29. The fourth-order valence-corrected chi connectivity index (χ4v) is 1.95. The predicted octanol–water partition coefficient (Wildman–Crippen LogP) is 2.82. The lowest BCUT2D eigenvalue weighted by Gasteiger charge is -2.16. The van der Waals surface area contributed by atoms with Gasteiger partial charge in [-0.1, -0.05) is 22.0 Å². The summed E-state index contributed by atoms with van der Waals surface area (Å²) < 4.78 is 25.9. The lowest BCUT2D eigenvalue weighted by Crippen LogP contribution is -2.25. The van der Waals surface area contributed by atoms with Crippen LogP contribution in [0.4, 0.5) is 14.6 Å². The Bertz CT molecular complexity index is 340. The maximum absolute atomic E-state index is 12.9. The SMILES string of the molecule is FC1(F)CCN(c2ccc(CBr)cn2)C1. The molecule has 1 fully saturated rings.